The van der Waals surface area contributed by atoms with Crippen molar-refractivity contribution in [2.24, 2.45) is 9.98 Å². The van der Waals surface area contributed by atoms with E-state index in [2.05, 4.69) is 10.9 Å². The van der Waals surface area contributed by atoms with Gasteiger partial charge in [-0.25, -0.2) is 4.99 Å². The summed E-state index contributed by atoms with van der Waals surface area (Å²) in [7, 11) is 0. The largest absolute Gasteiger partial charge is 0.288 e. The van der Waals surface area contributed by atoms with Gasteiger partial charge in [-0.1, -0.05) is 91.0 Å². The number of hydrogen-bond acceptors (Lipinski definition) is 4. The van der Waals surface area contributed by atoms with Crippen LogP contribution in [0.1, 0.15) is 22.3 Å². The molecule has 4 aromatic carbocycles. The molecule has 0 fully saturated rings. The van der Waals surface area contributed by atoms with E-state index in [1.807, 2.05) is 97.1 Å². The molecule has 0 amide bonds. The number of hydrogen-bond donors (Lipinski definition) is 0. The Morgan fingerprint density at radius 2 is 1.26 bits per heavy atom. The molecule has 5 nitrogen and oxygen atoms in total. The van der Waals surface area contributed by atoms with Crippen LogP contribution in [0, 0.1) is 10.1 Å². The maximum atomic E-state index is 10.8. The Labute approximate surface area is 204 Å². The molecule has 35 heavy (non-hydrogen) atoms. The Bertz CT molecular complexity index is 1350. The van der Waals surface area contributed by atoms with Gasteiger partial charge >= 0.3 is 0 Å². The molecule has 0 saturated carbocycles. The van der Waals surface area contributed by atoms with E-state index in [1.54, 1.807) is 18.3 Å². The van der Waals surface area contributed by atoms with Gasteiger partial charge in [0.05, 0.1) is 22.7 Å². The molecule has 0 atom stereocenters. The number of nitrogens with zero attached hydrogens (tertiary/aromatic N) is 3. The summed E-state index contributed by atoms with van der Waals surface area (Å²) in [6, 6.07) is 36.4. The first-order chi connectivity index (χ1) is 17.2. The van der Waals surface area contributed by atoms with Crippen molar-refractivity contribution < 1.29 is 4.92 Å². The molecule has 0 aromatic heterocycles. The third-order valence-corrected chi connectivity index (χ3v) is 5.22. The number of nitro groups is 1. The number of benzene rings is 4. The second-order valence-electron chi connectivity index (χ2n) is 7.63. The van der Waals surface area contributed by atoms with E-state index in [9.17, 15) is 10.1 Å². The van der Waals surface area contributed by atoms with Crippen LogP contribution in [0.2, 0.25) is 0 Å². The zero-order valence-electron chi connectivity index (χ0n) is 19.0. The van der Waals surface area contributed by atoms with E-state index in [1.165, 1.54) is 12.1 Å². The smallest absolute Gasteiger partial charge is 0.269 e. The van der Waals surface area contributed by atoms with Crippen LogP contribution in [0.15, 0.2) is 131 Å². The van der Waals surface area contributed by atoms with E-state index in [-0.39, 0.29) is 5.69 Å². The first-order valence-corrected chi connectivity index (χ1v) is 11.1. The Balaban J connectivity index is 1.66. The maximum absolute atomic E-state index is 10.8. The predicted molar refractivity (Wildman–Crippen MR) is 143 cm³/mol. The van der Waals surface area contributed by atoms with Crippen LogP contribution in [0.4, 0.5) is 5.69 Å². The standard InChI is InChI=1S/C30H23N3O2/c34-33(35)28-18-16-24(17-19-28)22-31-21-20-30(27-14-8-3-9-15-27)32-23-29(25-10-4-1-5-11-25)26-12-6-2-7-13-26/h1-20,22H,21H2/b30-20+,31-22?. The monoisotopic (exact) mass is 457 g/mol. The summed E-state index contributed by atoms with van der Waals surface area (Å²) < 4.78 is 0. The lowest BCUT2D eigenvalue weighted by atomic mass is 9.99. The fraction of sp³-hybridized carbons (Fsp3) is 0.0333. The van der Waals surface area contributed by atoms with Gasteiger partial charge in [-0.3, -0.25) is 15.1 Å². The average molecular weight is 458 g/mol. The first kappa shape index (κ1) is 23.3. The highest BCUT2D eigenvalue weighted by molar-refractivity contribution is 6.00. The van der Waals surface area contributed by atoms with Crippen LogP contribution in [0.5, 0.6) is 0 Å². The molecule has 4 aromatic rings. The van der Waals surface area contributed by atoms with E-state index in [0.717, 1.165) is 33.5 Å². The molecule has 0 aliphatic carbocycles. The van der Waals surface area contributed by atoms with Crippen molar-refractivity contribution in [1.82, 2.24) is 0 Å². The summed E-state index contributed by atoms with van der Waals surface area (Å²) >= 11 is 0. The van der Waals surface area contributed by atoms with Crippen molar-refractivity contribution >= 4 is 29.0 Å². The summed E-state index contributed by atoms with van der Waals surface area (Å²) in [5.41, 5.74) is 5.55. The van der Waals surface area contributed by atoms with Gasteiger partial charge in [0.2, 0.25) is 0 Å². The maximum Gasteiger partial charge on any atom is 0.269 e. The highest BCUT2D eigenvalue weighted by atomic mass is 16.6. The van der Waals surface area contributed by atoms with E-state index in [4.69, 9.17) is 4.99 Å². The van der Waals surface area contributed by atoms with Crippen molar-refractivity contribution in [1.29, 1.82) is 0 Å². The minimum Gasteiger partial charge on any atom is -0.288 e. The van der Waals surface area contributed by atoms with Crippen LogP contribution < -0.4 is 0 Å². The highest BCUT2D eigenvalue weighted by Gasteiger charge is 2.05. The van der Waals surface area contributed by atoms with Crippen LogP contribution >= 0.6 is 0 Å². The molecule has 0 N–H and O–H groups in total. The fourth-order valence-corrected chi connectivity index (χ4v) is 3.44. The van der Waals surface area contributed by atoms with Gasteiger partial charge in [0.25, 0.3) is 5.69 Å². The topological polar surface area (TPSA) is 67.9 Å². The molecular formula is C30H23N3O2. The van der Waals surface area contributed by atoms with E-state index >= 15 is 0 Å². The zero-order valence-corrected chi connectivity index (χ0v) is 19.0. The molecule has 170 valence electrons. The molecule has 0 aliphatic rings. The minimum absolute atomic E-state index is 0.0576. The fourth-order valence-electron chi connectivity index (χ4n) is 3.44. The van der Waals surface area contributed by atoms with Gasteiger partial charge in [0, 0.05) is 23.9 Å². The molecular weight excluding hydrogens is 434 g/mol. The molecule has 4 rings (SSSR count). The van der Waals surface area contributed by atoms with Crippen molar-refractivity contribution in [3.05, 3.63) is 154 Å². The normalized spacial score (nSPS) is 11.1. The Morgan fingerprint density at radius 3 is 1.77 bits per heavy atom. The van der Waals surface area contributed by atoms with Crippen LogP contribution in [-0.4, -0.2) is 23.6 Å². The third kappa shape index (κ3) is 6.57. The van der Waals surface area contributed by atoms with Crippen molar-refractivity contribution in [3.63, 3.8) is 0 Å². The van der Waals surface area contributed by atoms with E-state index in [0.29, 0.717) is 6.54 Å². The lowest BCUT2D eigenvalue weighted by molar-refractivity contribution is -0.384. The average Bonchev–Trinajstić information content (AvgIpc) is 2.92. The Hall–Kier alpha value is -4.86. The van der Waals surface area contributed by atoms with Crippen LogP contribution in [0.3, 0.4) is 0 Å². The predicted octanol–water partition coefficient (Wildman–Crippen LogP) is 6.86. The van der Waals surface area contributed by atoms with Gasteiger partial charge in [0.1, 0.15) is 0 Å². The van der Waals surface area contributed by atoms with Crippen molar-refractivity contribution in [2.75, 3.05) is 6.54 Å². The molecule has 0 heterocycles. The van der Waals surface area contributed by atoms with Crippen LogP contribution in [0.25, 0.3) is 11.3 Å². The Morgan fingerprint density at radius 1 is 0.743 bits per heavy atom. The second-order valence-corrected chi connectivity index (χ2v) is 7.63. The summed E-state index contributed by atoms with van der Waals surface area (Å²) in [5, 5.41) is 10.8. The second kappa shape index (κ2) is 11.8. The molecule has 5 heteroatoms. The summed E-state index contributed by atoms with van der Waals surface area (Å²) in [5.74, 6) is 3.28. The number of non-ortho nitro benzene ring substituents is 1. The quantitative estimate of drug-likeness (QED) is 0.165. The minimum atomic E-state index is -0.416. The van der Waals surface area contributed by atoms with E-state index < -0.39 is 4.92 Å². The number of nitro benzene ring substituents is 1. The van der Waals surface area contributed by atoms with Gasteiger partial charge in [-0.05, 0) is 40.8 Å². The SMILES string of the molecule is O=[N+]([O-])c1ccc(C=NC/C=C(/N=C=C(c2ccccc2)c2ccccc2)c2ccccc2)cc1. The zero-order chi connectivity index (χ0) is 24.3. The molecule has 0 spiro atoms. The van der Waals surface area contributed by atoms with Gasteiger partial charge in [-0.15, -0.1) is 0 Å². The lowest BCUT2D eigenvalue weighted by Gasteiger charge is -2.05. The molecule has 0 radical (unpaired) electrons. The van der Waals surface area contributed by atoms with Crippen LogP contribution in [-0.2, 0) is 0 Å². The summed E-state index contributed by atoms with van der Waals surface area (Å²) in [4.78, 5) is 19.6. The molecule has 0 bridgehead atoms. The first-order valence-electron chi connectivity index (χ1n) is 11.1. The van der Waals surface area contributed by atoms with Gasteiger partial charge < -0.3 is 0 Å². The molecule has 0 unspecified atom stereocenters. The third-order valence-electron chi connectivity index (χ3n) is 5.22. The summed E-state index contributed by atoms with van der Waals surface area (Å²) in [6.45, 7) is 0.401. The number of aliphatic imine (C=N–C) groups is 2. The van der Waals surface area contributed by atoms with Crippen molar-refractivity contribution in [2.45, 2.75) is 0 Å². The highest BCUT2D eigenvalue weighted by Crippen LogP contribution is 2.22. The molecule has 0 aliphatic heterocycles. The number of rotatable bonds is 8. The summed E-state index contributed by atoms with van der Waals surface area (Å²) in [6.07, 6.45) is 3.64. The van der Waals surface area contributed by atoms with Crippen molar-refractivity contribution in [3.8, 4) is 0 Å². The molecule has 0 saturated heterocycles. The van der Waals surface area contributed by atoms with Gasteiger partial charge in [-0.2, -0.15) is 0 Å². The van der Waals surface area contributed by atoms with Gasteiger partial charge in [0.15, 0.2) is 0 Å². The Kier molecular flexibility index (Phi) is 7.89. The lowest BCUT2D eigenvalue weighted by Crippen LogP contribution is -1.90.